The summed E-state index contributed by atoms with van der Waals surface area (Å²) in [6.45, 7) is 0. The maximum Gasteiger partial charge on any atom is 0.295 e. The summed E-state index contributed by atoms with van der Waals surface area (Å²) in [7, 11) is 0. The Balaban J connectivity index is 1.85. The number of rotatable bonds is 3. The van der Waals surface area contributed by atoms with Gasteiger partial charge in [0.15, 0.2) is 0 Å². The Bertz CT molecular complexity index is 919. The number of aromatic nitrogens is 1. The predicted octanol–water partition coefficient (Wildman–Crippen LogP) is 4.49. The summed E-state index contributed by atoms with van der Waals surface area (Å²) in [6, 6.07) is 11.3. The molecule has 144 valence electrons. The van der Waals surface area contributed by atoms with Crippen LogP contribution in [-0.4, -0.2) is 32.7 Å². The number of aliphatic hydroxyl groups excluding tert-OH is 1. The van der Waals surface area contributed by atoms with Gasteiger partial charge in [0.05, 0.1) is 11.3 Å². The molecule has 2 fully saturated rings. The van der Waals surface area contributed by atoms with Gasteiger partial charge in [0.25, 0.3) is 11.7 Å². The highest BCUT2D eigenvalue weighted by molar-refractivity contribution is 6.46. The Labute approximate surface area is 168 Å². The average molecular weight is 397 g/mol. The molecule has 1 amide bonds. The van der Waals surface area contributed by atoms with Crippen molar-refractivity contribution in [3.63, 3.8) is 0 Å². The first-order chi connectivity index (χ1) is 13.6. The number of benzene rings is 1. The third kappa shape index (κ3) is 3.31. The fraction of sp³-hybridized carbons (Fsp3) is 0.318. The van der Waals surface area contributed by atoms with E-state index < -0.39 is 17.7 Å². The van der Waals surface area contributed by atoms with Crippen LogP contribution in [0.25, 0.3) is 5.76 Å². The quantitative estimate of drug-likeness (QED) is 0.471. The normalized spacial score (nSPS) is 22.6. The number of hydrogen-bond donors (Lipinski definition) is 1. The molecule has 0 radical (unpaired) electrons. The van der Waals surface area contributed by atoms with E-state index in [9.17, 15) is 14.7 Å². The van der Waals surface area contributed by atoms with Gasteiger partial charge in [0.2, 0.25) is 0 Å². The van der Waals surface area contributed by atoms with Crippen LogP contribution in [-0.2, 0) is 9.59 Å². The van der Waals surface area contributed by atoms with E-state index in [1.165, 1.54) is 0 Å². The number of nitrogens with zero attached hydrogens (tertiary/aromatic N) is 2. The smallest absolute Gasteiger partial charge is 0.295 e. The Morgan fingerprint density at radius 2 is 1.75 bits per heavy atom. The van der Waals surface area contributed by atoms with Crippen LogP contribution in [0.5, 0.6) is 0 Å². The predicted molar refractivity (Wildman–Crippen MR) is 107 cm³/mol. The second-order valence-corrected chi connectivity index (χ2v) is 7.70. The van der Waals surface area contributed by atoms with Crippen LogP contribution in [0.2, 0.25) is 5.02 Å². The van der Waals surface area contributed by atoms with Gasteiger partial charge < -0.3 is 10.0 Å². The summed E-state index contributed by atoms with van der Waals surface area (Å²) < 4.78 is 0. The zero-order valence-electron chi connectivity index (χ0n) is 15.3. The zero-order chi connectivity index (χ0) is 19.7. The number of pyridine rings is 1. The molecule has 1 aliphatic heterocycles. The van der Waals surface area contributed by atoms with Crippen molar-refractivity contribution in [1.29, 1.82) is 0 Å². The third-order valence-corrected chi connectivity index (χ3v) is 5.79. The molecule has 1 aromatic carbocycles. The number of hydrogen-bond acceptors (Lipinski definition) is 4. The number of halogens is 1. The van der Waals surface area contributed by atoms with Crippen LogP contribution in [0, 0.1) is 0 Å². The molecule has 1 unspecified atom stereocenters. The molecule has 4 rings (SSSR count). The highest BCUT2D eigenvalue weighted by atomic mass is 35.5. The molecule has 2 aromatic rings. The number of likely N-dealkylation sites (tertiary alicyclic amines) is 1. The summed E-state index contributed by atoms with van der Waals surface area (Å²) in [5.41, 5.74) is 1.13. The van der Waals surface area contributed by atoms with E-state index in [-0.39, 0.29) is 17.4 Å². The van der Waals surface area contributed by atoms with E-state index in [2.05, 4.69) is 4.98 Å². The minimum atomic E-state index is -0.681. The van der Waals surface area contributed by atoms with E-state index >= 15 is 0 Å². The molecule has 2 heterocycles. The first-order valence-corrected chi connectivity index (χ1v) is 9.92. The van der Waals surface area contributed by atoms with E-state index in [0.717, 1.165) is 32.1 Å². The van der Waals surface area contributed by atoms with Gasteiger partial charge >= 0.3 is 0 Å². The first kappa shape index (κ1) is 18.7. The minimum absolute atomic E-state index is 0.0206. The highest BCUT2D eigenvalue weighted by Gasteiger charge is 2.49. The lowest BCUT2D eigenvalue weighted by Crippen LogP contribution is -2.40. The first-order valence-electron chi connectivity index (χ1n) is 9.55. The third-order valence-electron chi connectivity index (χ3n) is 5.53. The van der Waals surface area contributed by atoms with Gasteiger partial charge in [-0.05, 0) is 49.2 Å². The van der Waals surface area contributed by atoms with Crippen molar-refractivity contribution in [3.8, 4) is 0 Å². The van der Waals surface area contributed by atoms with Crippen molar-refractivity contribution in [2.24, 2.45) is 0 Å². The average Bonchev–Trinajstić information content (AvgIpc) is 3.00. The van der Waals surface area contributed by atoms with Crippen LogP contribution in [0.15, 0.2) is 54.2 Å². The fourth-order valence-electron chi connectivity index (χ4n) is 4.18. The Morgan fingerprint density at radius 3 is 2.39 bits per heavy atom. The van der Waals surface area contributed by atoms with E-state index in [4.69, 9.17) is 11.6 Å². The largest absolute Gasteiger partial charge is 0.507 e. The second-order valence-electron chi connectivity index (χ2n) is 7.26. The lowest BCUT2D eigenvalue weighted by Gasteiger charge is -2.35. The fourth-order valence-corrected chi connectivity index (χ4v) is 4.30. The number of Topliss-reactive ketones (excluding diaryl/α,β-unsaturated/α-hetero) is 1. The van der Waals surface area contributed by atoms with E-state index in [0.29, 0.717) is 16.3 Å². The van der Waals surface area contributed by atoms with Crippen molar-refractivity contribution >= 4 is 29.1 Å². The van der Waals surface area contributed by atoms with Crippen LogP contribution in [0.4, 0.5) is 0 Å². The summed E-state index contributed by atoms with van der Waals surface area (Å²) >= 11 is 5.94. The van der Waals surface area contributed by atoms with Gasteiger partial charge in [0.1, 0.15) is 11.8 Å². The summed E-state index contributed by atoms with van der Waals surface area (Å²) in [6.07, 6.45) is 6.55. The zero-order valence-corrected chi connectivity index (χ0v) is 16.1. The van der Waals surface area contributed by atoms with Gasteiger partial charge in [-0.2, -0.15) is 0 Å². The molecular weight excluding hydrogens is 376 g/mol. The molecule has 6 heteroatoms. The molecule has 1 saturated carbocycles. The van der Waals surface area contributed by atoms with Crippen molar-refractivity contribution in [2.45, 2.75) is 44.2 Å². The second kappa shape index (κ2) is 7.76. The van der Waals surface area contributed by atoms with Crippen molar-refractivity contribution in [3.05, 3.63) is 70.5 Å². The topological polar surface area (TPSA) is 70.5 Å². The Kier molecular flexibility index (Phi) is 5.18. The number of amides is 1. The molecule has 1 aliphatic carbocycles. The number of carbonyl (C=O) groups excluding carboxylic acids is 2. The highest BCUT2D eigenvalue weighted by Crippen LogP contribution is 2.42. The lowest BCUT2D eigenvalue weighted by atomic mass is 9.92. The maximum absolute atomic E-state index is 13.0. The van der Waals surface area contributed by atoms with Gasteiger partial charge in [-0.3, -0.25) is 14.6 Å². The number of aliphatic hydroxyl groups is 1. The maximum atomic E-state index is 13.0. The summed E-state index contributed by atoms with van der Waals surface area (Å²) in [5, 5.41) is 11.5. The van der Waals surface area contributed by atoms with Crippen molar-refractivity contribution in [1.82, 2.24) is 9.88 Å². The molecule has 28 heavy (non-hydrogen) atoms. The van der Waals surface area contributed by atoms with Crippen LogP contribution in [0.1, 0.15) is 49.4 Å². The molecule has 5 nitrogen and oxygen atoms in total. The van der Waals surface area contributed by atoms with Gasteiger partial charge in [-0.15, -0.1) is 0 Å². The van der Waals surface area contributed by atoms with E-state index in [1.54, 1.807) is 47.5 Å². The molecule has 1 N–H and O–H groups in total. The Morgan fingerprint density at radius 1 is 1.04 bits per heavy atom. The molecule has 1 saturated heterocycles. The van der Waals surface area contributed by atoms with Crippen molar-refractivity contribution < 1.29 is 14.7 Å². The molecule has 0 spiro atoms. The molecule has 1 atom stereocenters. The number of carbonyl (C=O) groups is 2. The van der Waals surface area contributed by atoms with Gasteiger partial charge in [-0.25, -0.2) is 0 Å². The summed E-state index contributed by atoms with van der Waals surface area (Å²) in [5.74, 6) is -1.41. The Hall–Kier alpha value is -2.66. The molecule has 1 aromatic heterocycles. The van der Waals surface area contributed by atoms with Crippen molar-refractivity contribution in [2.75, 3.05) is 0 Å². The lowest BCUT2D eigenvalue weighted by molar-refractivity contribution is -0.141. The minimum Gasteiger partial charge on any atom is -0.507 e. The monoisotopic (exact) mass is 396 g/mol. The standard InChI is InChI=1S/C22H21ClN2O3/c23-15-11-9-14(10-12-15)20(26)18-19(17-8-4-5-13-24-17)25(22(28)21(18)27)16-6-2-1-3-7-16/h4-5,8-13,16,19,26H,1-3,6-7H2/b20-18-. The van der Waals surface area contributed by atoms with Crippen LogP contribution >= 0.6 is 11.6 Å². The van der Waals surface area contributed by atoms with E-state index in [1.807, 2.05) is 6.07 Å². The SMILES string of the molecule is O=C1C(=O)N(C2CCCCC2)C(c2ccccn2)/C1=C(/O)c1ccc(Cl)cc1. The summed E-state index contributed by atoms with van der Waals surface area (Å²) in [4.78, 5) is 32.0. The molecular formula is C22H21ClN2O3. The number of ketones is 1. The van der Waals surface area contributed by atoms with Crippen LogP contribution in [0.3, 0.4) is 0 Å². The van der Waals surface area contributed by atoms with Crippen LogP contribution < -0.4 is 0 Å². The molecule has 2 aliphatic rings. The molecule has 0 bridgehead atoms. The van der Waals surface area contributed by atoms with Gasteiger partial charge in [0, 0.05) is 22.8 Å². The van der Waals surface area contributed by atoms with Gasteiger partial charge in [-0.1, -0.05) is 36.9 Å².